The van der Waals surface area contributed by atoms with Crippen LogP contribution in [0.5, 0.6) is 5.75 Å². The van der Waals surface area contributed by atoms with E-state index >= 15 is 0 Å². The highest BCUT2D eigenvalue weighted by Gasteiger charge is 2.49. The average Bonchev–Trinajstić information content (AvgIpc) is 3.53. The van der Waals surface area contributed by atoms with Gasteiger partial charge in [0.25, 0.3) is 0 Å². The van der Waals surface area contributed by atoms with E-state index in [1.54, 1.807) is 6.07 Å². The zero-order valence-electron chi connectivity index (χ0n) is 20.2. The summed E-state index contributed by atoms with van der Waals surface area (Å²) in [4.78, 5) is 27.0. The van der Waals surface area contributed by atoms with Crippen LogP contribution in [0.2, 0.25) is 0 Å². The van der Waals surface area contributed by atoms with Crippen LogP contribution in [0.15, 0.2) is 36.4 Å². The molecule has 3 aromatic rings. The highest BCUT2D eigenvalue weighted by molar-refractivity contribution is 14.1. The van der Waals surface area contributed by atoms with Crippen LogP contribution in [0.1, 0.15) is 62.4 Å². The van der Waals surface area contributed by atoms with Crippen molar-refractivity contribution >= 4 is 45.4 Å². The van der Waals surface area contributed by atoms with Gasteiger partial charge in [-0.15, -0.1) is 0 Å². The molecule has 1 saturated carbocycles. The molecule has 196 valence electrons. The van der Waals surface area contributed by atoms with E-state index in [9.17, 15) is 22.8 Å². The zero-order valence-corrected chi connectivity index (χ0v) is 22.3. The third-order valence-electron chi connectivity index (χ3n) is 7.16. The van der Waals surface area contributed by atoms with Crippen molar-refractivity contribution in [1.29, 1.82) is 0 Å². The van der Waals surface area contributed by atoms with Crippen molar-refractivity contribution in [2.45, 2.75) is 42.4 Å². The van der Waals surface area contributed by atoms with E-state index in [4.69, 9.17) is 14.2 Å². The Kier molecular flexibility index (Phi) is 6.88. The Bertz CT molecular complexity index is 1350. The van der Waals surface area contributed by atoms with E-state index in [1.807, 2.05) is 30.3 Å². The Morgan fingerprint density at radius 2 is 1.89 bits per heavy atom. The molecule has 0 saturated heterocycles. The first-order valence-electron chi connectivity index (χ1n) is 11.9. The van der Waals surface area contributed by atoms with Crippen LogP contribution in [0, 0.1) is 11.8 Å². The first-order valence-corrected chi connectivity index (χ1v) is 13.2. The summed E-state index contributed by atoms with van der Waals surface area (Å²) in [5.74, 6) is -0.997. The summed E-state index contributed by atoms with van der Waals surface area (Å²) in [6.07, 6.45) is -3.20. The van der Waals surface area contributed by atoms with Crippen molar-refractivity contribution in [2.75, 3.05) is 13.7 Å². The fourth-order valence-electron chi connectivity index (χ4n) is 5.41. The summed E-state index contributed by atoms with van der Waals surface area (Å²) >= 11 is 2.33. The molecular weight excluding hydrogens is 602 g/mol. The number of alkyl halides is 4. The van der Waals surface area contributed by atoms with Crippen LogP contribution in [0.25, 0.3) is 10.9 Å². The largest absolute Gasteiger partial charge is 0.487 e. The van der Waals surface area contributed by atoms with Crippen LogP contribution in [-0.2, 0) is 27.1 Å². The molecule has 37 heavy (non-hydrogen) atoms. The maximum absolute atomic E-state index is 14.2. The van der Waals surface area contributed by atoms with Crippen molar-refractivity contribution in [3.05, 3.63) is 64.3 Å². The molecule has 2 aromatic carbocycles. The van der Waals surface area contributed by atoms with Gasteiger partial charge in [-0.25, -0.2) is 4.79 Å². The number of fused-ring (bicyclic) bond motifs is 4. The molecule has 1 N–H and O–H groups in total. The third-order valence-corrected chi connectivity index (χ3v) is 8.75. The quantitative estimate of drug-likeness (QED) is 0.187. The maximum Gasteiger partial charge on any atom is 0.432 e. The van der Waals surface area contributed by atoms with Gasteiger partial charge >= 0.3 is 18.1 Å². The lowest BCUT2D eigenvalue weighted by Gasteiger charge is -2.23. The Morgan fingerprint density at radius 3 is 2.54 bits per heavy atom. The number of benzene rings is 2. The second kappa shape index (κ2) is 9.85. The van der Waals surface area contributed by atoms with E-state index < -0.39 is 29.4 Å². The molecule has 2 aliphatic rings. The lowest BCUT2D eigenvalue weighted by Crippen LogP contribution is -2.16. The highest BCUT2D eigenvalue weighted by atomic mass is 127. The molecule has 2 aliphatic carbocycles. The minimum absolute atomic E-state index is 0.00172. The van der Waals surface area contributed by atoms with Gasteiger partial charge in [-0.2, -0.15) is 13.2 Å². The van der Waals surface area contributed by atoms with Gasteiger partial charge < -0.3 is 19.2 Å². The van der Waals surface area contributed by atoms with Crippen LogP contribution >= 0.6 is 22.6 Å². The Morgan fingerprint density at radius 1 is 1.16 bits per heavy atom. The van der Waals surface area contributed by atoms with E-state index in [-0.39, 0.29) is 39.7 Å². The summed E-state index contributed by atoms with van der Waals surface area (Å²) in [6, 6.07) is 11.1. The van der Waals surface area contributed by atoms with Crippen molar-refractivity contribution in [2.24, 2.45) is 11.8 Å². The first-order chi connectivity index (χ1) is 17.6. The van der Waals surface area contributed by atoms with Gasteiger partial charge in [-0.1, -0.05) is 52.9 Å². The molecule has 0 bridgehead atoms. The predicted molar refractivity (Wildman–Crippen MR) is 138 cm³/mol. The maximum atomic E-state index is 14.2. The number of esters is 2. The second-order valence-corrected chi connectivity index (χ2v) is 10.9. The second-order valence-electron chi connectivity index (χ2n) is 9.56. The Balaban J connectivity index is 1.77. The lowest BCUT2D eigenvalue weighted by atomic mass is 9.86. The van der Waals surface area contributed by atoms with E-state index in [0.717, 1.165) is 24.7 Å². The normalized spacial score (nSPS) is 22.5. The molecule has 4 atom stereocenters. The van der Waals surface area contributed by atoms with E-state index in [0.29, 0.717) is 23.8 Å². The number of carbonyl (C=O) groups excluding carboxylic acids is 2. The summed E-state index contributed by atoms with van der Waals surface area (Å²) in [7, 11) is 1.06. The molecule has 0 radical (unpaired) electrons. The fourth-order valence-corrected chi connectivity index (χ4v) is 6.81. The lowest BCUT2D eigenvalue weighted by molar-refractivity contribution is -0.142. The molecule has 0 spiro atoms. The third kappa shape index (κ3) is 4.92. The highest BCUT2D eigenvalue weighted by Crippen LogP contribution is 2.61. The number of ether oxygens (including phenoxy) is 3. The number of H-pyrrole nitrogens is 1. The average molecular weight is 627 g/mol. The van der Waals surface area contributed by atoms with Gasteiger partial charge in [0.1, 0.15) is 18.1 Å². The predicted octanol–water partition coefficient (Wildman–Crippen LogP) is 6.71. The topological polar surface area (TPSA) is 77.6 Å². The fraction of sp³-hybridized carbons (Fsp3) is 0.407. The van der Waals surface area contributed by atoms with Crippen LogP contribution < -0.4 is 4.74 Å². The zero-order chi connectivity index (χ0) is 26.5. The van der Waals surface area contributed by atoms with Crippen molar-refractivity contribution < 1.29 is 37.0 Å². The molecule has 6 nitrogen and oxygen atoms in total. The molecule has 1 heterocycles. The number of aromatic nitrogens is 1. The Labute approximate surface area is 225 Å². The van der Waals surface area contributed by atoms with Gasteiger partial charge in [0.15, 0.2) is 0 Å². The van der Waals surface area contributed by atoms with Gasteiger partial charge in [-0.3, -0.25) is 4.79 Å². The van der Waals surface area contributed by atoms with Crippen LogP contribution in [-0.4, -0.2) is 30.6 Å². The number of carbonyl (C=O) groups is 2. The van der Waals surface area contributed by atoms with Crippen molar-refractivity contribution in [3.63, 3.8) is 0 Å². The molecular formula is C27H25F3INO5. The first kappa shape index (κ1) is 25.9. The molecule has 1 fully saturated rings. The summed E-state index contributed by atoms with van der Waals surface area (Å²) < 4.78 is 59.0. The molecule has 4 unspecified atom stereocenters. The summed E-state index contributed by atoms with van der Waals surface area (Å²) in [5, 5.41) is 0.125. The summed E-state index contributed by atoms with van der Waals surface area (Å²) in [5.41, 5.74) is 0.562. The number of hydrogen-bond acceptors (Lipinski definition) is 5. The number of nitrogens with one attached hydrogen (secondary N) is 1. The minimum atomic E-state index is -4.84. The number of aromatic amines is 1. The van der Waals surface area contributed by atoms with Gasteiger partial charge in [0.2, 0.25) is 0 Å². The molecule has 0 amide bonds. The minimum Gasteiger partial charge on any atom is -0.487 e. The monoisotopic (exact) mass is 627 g/mol. The Hall–Kier alpha value is -2.76. The standard InChI is InChI=1S/C27H25F3INO5/c1-13(33)36-12-16-8-15-9-17(15)23(31)18-10-19(37-11-14-6-4-3-5-7-14)24-21(20(16)18)22(26(34)35-2)25(32-24)27(28,29)30/h3-7,10,15-17,23,32H,8-9,11-12H2,1-2H3. The smallest absolute Gasteiger partial charge is 0.432 e. The van der Waals surface area contributed by atoms with Crippen LogP contribution in [0.3, 0.4) is 0 Å². The number of methoxy groups -OCH3 is 1. The van der Waals surface area contributed by atoms with E-state index in [2.05, 4.69) is 27.6 Å². The SMILES string of the molecule is COC(=O)c1c(C(F)(F)F)[nH]c2c(OCc3ccccc3)cc3c(c12)C(COC(C)=O)CC1CC1C3I. The molecule has 1 aromatic heterocycles. The van der Waals surface area contributed by atoms with E-state index in [1.165, 1.54) is 6.92 Å². The van der Waals surface area contributed by atoms with Gasteiger partial charge in [0.05, 0.1) is 24.8 Å². The number of halogens is 4. The molecule has 5 rings (SSSR count). The molecule has 0 aliphatic heterocycles. The van der Waals surface area contributed by atoms with Crippen molar-refractivity contribution in [1.82, 2.24) is 4.98 Å². The van der Waals surface area contributed by atoms with Gasteiger partial charge in [0, 0.05) is 22.2 Å². The number of rotatable bonds is 6. The molecule has 10 heteroatoms. The van der Waals surface area contributed by atoms with Crippen molar-refractivity contribution in [3.8, 4) is 5.75 Å². The number of hydrogen-bond donors (Lipinski definition) is 1. The van der Waals surface area contributed by atoms with Crippen LogP contribution in [0.4, 0.5) is 13.2 Å². The summed E-state index contributed by atoms with van der Waals surface area (Å²) in [6.45, 7) is 1.45. The van der Waals surface area contributed by atoms with Gasteiger partial charge in [-0.05, 0) is 47.4 Å².